The monoisotopic (exact) mass is 272 g/mol. The van der Waals surface area contributed by atoms with Gasteiger partial charge < -0.3 is 10.6 Å². The number of nitrogens with zero attached hydrogens (tertiary/aromatic N) is 2. The van der Waals surface area contributed by atoms with Gasteiger partial charge in [0.1, 0.15) is 0 Å². The van der Waals surface area contributed by atoms with Crippen molar-refractivity contribution in [2.75, 3.05) is 19.6 Å². The zero-order valence-corrected chi connectivity index (χ0v) is 11.9. The average molecular weight is 272 g/mol. The van der Waals surface area contributed by atoms with Gasteiger partial charge in [0.05, 0.1) is 11.9 Å². The summed E-state index contributed by atoms with van der Waals surface area (Å²) in [6.45, 7) is 6.36. The van der Waals surface area contributed by atoms with Gasteiger partial charge in [-0.05, 0) is 43.3 Å². The Bertz CT molecular complexity index is 560. The lowest BCUT2D eigenvalue weighted by Gasteiger charge is -2.06. The van der Waals surface area contributed by atoms with Gasteiger partial charge in [0.15, 0.2) is 0 Å². The summed E-state index contributed by atoms with van der Waals surface area (Å²) in [6, 6.07) is 7.42. The molecular weight excluding hydrogens is 252 g/mol. The van der Waals surface area contributed by atoms with Gasteiger partial charge in [-0.3, -0.25) is 4.79 Å². The second kappa shape index (κ2) is 6.86. The highest BCUT2D eigenvalue weighted by atomic mass is 16.1. The smallest absolute Gasteiger partial charge is 0.251 e. The Labute approximate surface area is 119 Å². The Morgan fingerprint density at radius 3 is 2.60 bits per heavy atom. The van der Waals surface area contributed by atoms with Crippen LogP contribution in [0.2, 0.25) is 0 Å². The molecule has 2 N–H and O–H groups in total. The first-order chi connectivity index (χ1) is 9.70. The van der Waals surface area contributed by atoms with Crippen LogP contribution in [0.25, 0.3) is 5.69 Å². The molecule has 0 aliphatic carbocycles. The fourth-order valence-electron chi connectivity index (χ4n) is 1.86. The fourth-order valence-corrected chi connectivity index (χ4v) is 1.86. The first-order valence-electron chi connectivity index (χ1n) is 6.81. The van der Waals surface area contributed by atoms with E-state index >= 15 is 0 Å². The first kappa shape index (κ1) is 14.3. The van der Waals surface area contributed by atoms with Gasteiger partial charge in [0, 0.05) is 24.8 Å². The van der Waals surface area contributed by atoms with Gasteiger partial charge in [-0.15, -0.1) is 0 Å². The summed E-state index contributed by atoms with van der Waals surface area (Å²) in [6.07, 6.45) is 3.76. The lowest BCUT2D eigenvalue weighted by molar-refractivity contribution is 0.0954. The molecule has 1 amide bonds. The number of carbonyl (C=O) groups is 1. The van der Waals surface area contributed by atoms with Gasteiger partial charge in [0.2, 0.25) is 0 Å². The average Bonchev–Trinajstić information content (AvgIpc) is 2.90. The predicted octanol–water partition coefficient (Wildman–Crippen LogP) is 1.52. The third-order valence-corrected chi connectivity index (χ3v) is 2.94. The topological polar surface area (TPSA) is 58.9 Å². The van der Waals surface area contributed by atoms with Crippen molar-refractivity contribution in [2.45, 2.75) is 13.8 Å². The molecule has 1 heterocycles. The van der Waals surface area contributed by atoms with E-state index in [1.54, 1.807) is 10.9 Å². The van der Waals surface area contributed by atoms with E-state index in [9.17, 15) is 4.79 Å². The van der Waals surface area contributed by atoms with E-state index < -0.39 is 0 Å². The number of amides is 1. The summed E-state index contributed by atoms with van der Waals surface area (Å²) in [5.41, 5.74) is 2.71. The molecule has 20 heavy (non-hydrogen) atoms. The van der Waals surface area contributed by atoms with Crippen molar-refractivity contribution in [2.24, 2.45) is 0 Å². The van der Waals surface area contributed by atoms with Crippen LogP contribution in [0.3, 0.4) is 0 Å². The number of rotatable bonds is 6. The number of likely N-dealkylation sites (N-methyl/N-ethyl adjacent to an activating group) is 1. The molecule has 0 saturated carbocycles. The maximum atomic E-state index is 11.9. The molecule has 2 rings (SSSR count). The third kappa shape index (κ3) is 3.68. The Hall–Kier alpha value is -2.14. The SMILES string of the molecule is CCNCCNC(=O)c1ccc(-n2cc(C)cn2)cc1. The lowest BCUT2D eigenvalue weighted by atomic mass is 10.2. The van der Waals surface area contributed by atoms with Crippen LogP contribution in [-0.2, 0) is 0 Å². The number of aromatic nitrogens is 2. The number of hydrogen-bond donors (Lipinski definition) is 2. The third-order valence-electron chi connectivity index (χ3n) is 2.94. The van der Waals surface area contributed by atoms with Crippen LogP contribution in [-0.4, -0.2) is 35.3 Å². The molecule has 2 aromatic rings. The van der Waals surface area contributed by atoms with Crippen LogP contribution in [0.5, 0.6) is 0 Å². The minimum atomic E-state index is -0.0499. The molecule has 0 atom stereocenters. The minimum Gasteiger partial charge on any atom is -0.351 e. The maximum absolute atomic E-state index is 11.9. The van der Waals surface area contributed by atoms with Gasteiger partial charge >= 0.3 is 0 Å². The molecule has 0 fully saturated rings. The van der Waals surface area contributed by atoms with Gasteiger partial charge in [-0.2, -0.15) is 5.10 Å². The molecular formula is C15H20N4O. The van der Waals surface area contributed by atoms with Gasteiger partial charge in [-0.25, -0.2) is 4.68 Å². The van der Waals surface area contributed by atoms with Crippen LogP contribution < -0.4 is 10.6 Å². The van der Waals surface area contributed by atoms with Crippen molar-refractivity contribution in [3.05, 3.63) is 47.8 Å². The van der Waals surface area contributed by atoms with Gasteiger partial charge in [-0.1, -0.05) is 6.92 Å². The second-order valence-electron chi connectivity index (χ2n) is 4.62. The maximum Gasteiger partial charge on any atom is 0.251 e. The summed E-state index contributed by atoms with van der Waals surface area (Å²) in [5.74, 6) is -0.0499. The van der Waals surface area contributed by atoms with Crippen molar-refractivity contribution in [1.29, 1.82) is 0 Å². The number of nitrogens with one attached hydrogen (secondary N) is 2. The van der Waals surface area contributed by atoms with Crippen molar-refractivity contribution in [3.8, 4) is 5.69 Å². The van der Waals surface area contributed by atoms with Crippen molar-refractivity contribution < 1.29 is 4.79 Å². The van der Waals surface area contributed by atoms with E-state index in [1.165, 1.54) is 0 Å². The summed E-state index contributed by atoms with van der Waals surface area (Å²) in [4.78, 5) is 11.9. The number of carbonyl (C=O) groups excluding carboxylic acids is 1. The van der Waals surface area contributed by atoms with Crippen LogP contribution in [0.15, 0.2) is 36.7 Å². The molecule has 1 aromatic heterocycles. The van der Waals surface area contributed by atoms with Crippen molar-refractivity contribution in [1.82, 2.24) is 20.4 Å². The Morgan fingerprint density at radius 1 is 1.25 bits per heavy atom. The van der Waals surface area contributed by atoms with Crippen LogP contribution >= 0.6 is 0 Å². The van der Waals surface area contributed by atoms with E-state index in [0.717, 1.165) is 24.3 Å². The van der Waals surface area contributed by atoms with Crippen molar-refractivity contribution in [3.63, 3.8) is 0 Å². The second-order valence-corrected chi connectivity index (χ2v) is 4.62. The number of aryl methyl sites for hydroxylation is 1. The fraction of sp³-hybridized carbons (Fsp3) is 0.333. The highest BCUT2D eigenvalue weighted by Gasteiger charge is 2.05. The summed E-state index contributed by atoms with van der Waals surface area (Å²) in [5, 5.41) is 10.3. The van der Waals surface area contributed by atoms with Gasteiger partial charge in [0.25, 0.3) is 5.91 Å². The summed E-state index contributed by atoms with van der Waals surface area (Å²) in [7, 11) is 0. The van der Waals surface area contributed by atoms with E-state index in [2.05, 4.69) is 15.7 Å². The molecule has 1 aromatic carbocycles. The molecule has 0 bridgehead atoms. The normalized spacial score (nSPS) is 10.5. The Morgan fingerprint density at radius 2 is 2.00 bits per heavy atom. The van der Waals surface area contributed by atoms with E-state index in [1.807, 2.05) is 44.3 Å². The highest BCUT2D eigenvalue weighted by molar-refractivity contribution is 5.94. The van der Waals surface area contributed by atoms with Crippen LogP contribution in [0.4, 0.5) is 0 Å². The van der Waals surface area contributed by atoms with E-state index in [0.29, 0.717) is 12.1 Å². The first-order valence-corrected chi connectivity index (χ1v) is 6.81. The largest absolute Gasteiger partial charge is 0.351 e. The highest BCUT2D eigenvalue weighted by Crippen LogP contribution is 2.09. The summed E-state index contributed by atoms with van der Waals surface area (Å²) >= 11 is 0. The predicted molar refractivity (Wildman–Crippen MR) is 79.2 cm³/mol. The quantitative estimate of drug-likeness (QED) is 0.784. The molecule has 0 saturated heterocycles. The number of benzene rings is 1. The standard InChI is InChI=1S/C15H20N4O/c1-3-16-8-9-17-15(20)13-4-6-14(7-5-13)19-11-12(2)10-18-19/h4-7,10-11,16H,3,8-9H2,1-2H3,(H,17,20). The Balaban J connectivity index is 1.95. The van der Waals surface area contributed by atoms with Crippen LogP contribution in [0.1, 0.15) is 22.8 Å². The Kier molecular flexibility index (Phi) is 4.90. The van der Waals surface area contributed by atoms with Crippen molar-refractivity contribution >= 4 is 5.91 Å². The molecule has 0 aliphatic rings. The molecule has 0 unspecified atom stereocenters. The summed E-state index contributed by atoms with van der Waals surface area (Å²) < 4.78 is 1.79. The lowest BCUT2D eigenvalue weighted by Crippen LogP contribution is -2.31. The van der Waals surface area contributed by atoms with E-state index in [-0.39, 0.29) is 5.91 Å². The molecule has 0 radical (unpaired) electrons. The zero-order chi connectivity index (χ0) is 14.4. The number of hydrogen-bond acceptors (Lipinski definition) is 3. The molecule has 0 spiro atoms. The molecule has 5 nitrogen and oxygen atoms in total. The molecule has 106 valence electrons. The minimum absolute atomic E-state index is 0.0499. The van der Waals surface area contributed by atoms with E-state index in [4.69, 9.17) is 0 Å². The zero-order valence-electron chi connectivity index (χ0n) is 11.9. The van der Waals surface area contributed by atoms with Crippen LogP contribution in [0, 0.1) is 6.92 Å². The molecule has 5 heteroatoms. The molecule has 0 aliphatic heterocycles.